The summed E-state index contributed by atoms with van der Waals surface area (Å²) in [4.78, 5) is 26.5. The summed E-state index contributed by atoms with van der Waals surface area (Å²) >= 11 is 0. The molecule has 3 N–H and O–H groups in total. The molecule has 0 unspecified atom stereocenters. The topological polar surface area (TPSA) is 84.7 Å². The molecular weight excluding hydrogens is 450 g/mol. The molecule has 5 rings (SSSR count). The Kier molecular flexibility index (Phi) is 6.85. The van der Waals surface area contributed by atoms with Gasteiger partial charge in [-0.3, -0.25) is 9.59 Å². The molecule has 2 amide bonds. The Morgan fingerprint density at radius 1 is 0.972 bits per heavy atom. The van der Waals surface area contributed by atoms with E-state index in [-0.39, 0.29) is 5.91 Å². The quantitative estimate of drug-likeness (QED) is 0.507. The number of nitrogens with two attached hydrogens (primary N) is 1. The van der Waals surface area contributed by atoms with E-state index >= 15 is 0 Å². The Morgan fingerprint density at radius 2 is 1.78 bits per heavy atom. The summed E-state index contributed by atoms with van der Waals surface area (Å²) in [5.74, 6) is 0.174. The van der Waals surface area contributed by atoms with Crippen molar-refractivity contribution in [2.24, 2.45) is 5.73 Å². The van der Waals surface area contributed by atoms with Gasteiger partial charge in [-0.05, 0) is 65.4 Å². The first-order valence-corrected chi connectivity index (χ1v) is 12.2. The fourth-order valence-electron chi connectivity index (χ4n) is 4.63. The monoisotopic (exact) mass is 479 g/mol. The number of nitrogens with zero attached hydrogens (tertiary/aromatic N) is 1. The van der Waals surface area contributed by atoms with E-state index in [0.717, 1.165) is 47.3 Å². The van der Waals surface area contributed by atoms with E-state index in [0.29, 0.717) is 36.6 Å². The van der Waals surface area contributed by atoms with Crippen molar-refractivity contribution in [2.75, 3.05) is 24.6 Å². The Bertz CT molecular complexity index is 1340. The van der Waals surface area contributed by atoms with Gasteiger partial charge >= 0.3 is 0 Å². The largest absolute Gasteiger partial charge is 0.490 e. The SMILES string of the molecule is NC(=O)c1ccc(-c2ccccc2CN2CCOc3cc(C(=O)NCC4=CCCC=C4)ccc32)cc1. The lowest BCUT2D eigenvalue weighted by atomic mass is 9.98. The average molecular weight is 480 g/mol. The molecule has 1 aliphatic heterocycles. The summed E-state index contributed by atoms with van der Waals surface area (Å²) in [6, 6.07) is 21.3. The molecular formula is C30H29N3O3. The standard InChI is InChI=1S/C30H29N3O3/c31-29(34)23-12-10-22(11-13-23)26-9-5-4-8-25(26)20-33-16-17-36-28-18-24(14-15-27(28)33)30(35)32-19-21-6-2-1-3-7-21/h2,4-15,18H,1,3,16-17,19-20H2,(H2,31,34)(H,32,35). The maximum absolute atomic E-state index is 12.8. The number of nitrogens with one attached hydrogen (secondary N) is 1. The molecule has 0 saturated heterocycles. The van der Waals surface area contributed by atoms with Crippen molar-refractivity contribution in [3.63, 3.8) is 0 Å². The highest BCUT2D eigenvalue weighted by Gasteiger charge is 2.21. The van der Waals surface area contributed by atoms with Crippen LogP contribution in [0, 0.1) is 0 Å². The van der Waals surface area contributed by atoms with Crippen molar-refractivity contribution in [1.29, 1.82) is 0 Å². The molecule has 0 bridgehead atoms. The van der Waals surface area contributed by atoms with Gasteiger partial charge in [0.05, 0.1) is 12.2 Å². The third kappa shape index (κ3) is 5.18. The van der Waals surface area contributed by atoms with Gasteiger partial charge in [-0.15, -0.1) is 0 Å². The van der Waals surface area contributed by atoms with Crippen LogP contribution < -0.4 is 20.7 Å². The second-order valence-corrected chi connectivity index (χ2v) is 8.99. The molecule has 3 aromatic carbocycles. The van der Waals surface area contributed by atoms with Gasteiger partial charge in [0, 0.05) is 24.2 Å². The number of anilines is 1. The van der Waals surface area contributed by atoms with Crippen LogP contribution in [0.4, 0.5) is 5.69 Å². The summed E-state index contributed by atoms with van der Waals surface area (Å²) in [6.45, 7) is 2.51. The van der Waals surface area contributed by atoms with Crippen LogP contribution in [0.1, 0.15) is 39.1 Å². The van der Waals surface area contributed by atoms with Crippen LogP contribution in [0.15, 0.2) is 90.5 Å². The molecule has 0 spiro atoms. The van der Waals surface area contributed by atoms with Crippen molar-refractivity contribution in [3.05, 3.63) is 107 Å². The molecule has 1 heterocycles. The van der Waals surface area contributed by atoms with E-state index in [1.165, 1.54) is 0 Å². The molecule has 36 heavy (non-hydrogen) atoms. The van der Waals surface area contributed by atoms with E-state index in [1.54, 1.807) is 12.1 Å². The Labute approximate surface area is 211 Å². The van der Waals surface area contributed by atoms with Crippen LogP contribution in [0.2, 0.25) is 0 Å². The maximum atomic E-state index is 12.8. The molecule has 0 aromatic heterocycles. The Morgan fingerprint density at radius 3 is 2.56 bits per heavy atom. The summed E-state index contributed by atoms with van der Waals surface area (Å²) in [5, 5.41) is 3.01. The van der Waals surface area contributed by atoms with Crippen LogP contribution in [0.25, 0.3) is 11.1 Å². The second kappa shape index (κ2) is 10.5. The molecule has 1 aliphatic carbocycles. The highest BCUT2D eigenvalue weighted by Crippen LogP contribution is 2.35. The van der Waals surface area contributed by atoms with Crippen molar-refractivity contribution in [3.8, 4) is 16.9 Å². The first kappa shape index (κ1) is 23.4. The van der Waals surface area contributed by atoms with E-state index < -0.39 is 5.91 Å². The van der Waals surface area contributed by atoms with Crippen molar-refractivity contribution in [2.45, 2.75) is 19.4 Å². The molecule has 0 radical (unpaired) electrons. The predicted octanol–water partition coefficient (Wildman–Crippen LogP) is 4.86. The van der Waals surface area contributed by atoms with Gasteiger partial charge < -0.3 is 20.7 Å². The van der Waals surface area contributed by atoms with Gasteiger partial charge in [0.2, 0.25) is 5.91 Å². The van der Waals surface area contributed by atoms with E-state index in [9.17, 15) is 9.59 Å². The number of primary amides is 1. The van der Waals surface area contributed by atoms with E-state index in [4.69, 9.17) is 10.5 Å². The van der Waals surface area contributed by atoms with Crippen LogP contribution in [0.5, 0.6) is 5.75 Å². The van der Waals surface area contributed by atoms with Crippen LogP contribution >= 0.6 is 0 Å². The van der Waals surface area contributed by atoms with E-state index in [2.05, 4.69) is 40.6 Å². The number of ether oxygens (including phenoxy) is 1. The number of fused-ring (bicyclic) bond motifs is 1. The number of hydrogen-bond acceptors (Lipinski definition) is 4. The summed E-state index contributed by atoms with van der Waals surface area (Å²) in [7, 11) is 0. The first-order chi connectivity index (χ1) is 17.6. The van der Waals surface area contributed by atoms with Crippen molar-refractivity contribution >= 4 is 17.5 Å². The number of carbonyl (C=O) groups excluding carboxylic acids is 2. The molecule has 2 aliphatic rings. The third-order valence-electron chi connectivity index (χ3n) is 6.57. The fraction of sp³-hybridized carbons (Fsp3) is 0.200. The van der Waals surface area contributed by atoms with Crippen molar-refractivity contribution < 1.29 is 14.3 Å². The predicted molar refractivity (Wildman–Crippen MR) is 142 cm³/mol. The normalized spacial score (nSPS) is 14.4. The average Bonchev–Trinajstić information content (AvgIpc) is 2.92. The first-order valence-electron chi connectivity index (χ1n) is 12.2. The summed E-state index contributed by atoms with van der Waals surface area (Å²) in [5.41, 5.74) is 11.9. The van der Waals surface area contributed by atoms with E-state index in [1.807, 2.05) is 42.5 Å². The minimum Gasteiger partial charge on any atom is -0.490 e. The van der Waals surface area contributed by atoms with Gasteiger partial charge in [-0.1, -0.05) is 54.6 Å². The zero-order chi connectivity index (χ0) is 24.9. The molecule has 0 saturated carbocycles. The Hall–Kier alpha value is -4.32. The molecule has 6 heteroatoms. The minimum absolute atomic E-state index is 0.108. The van der Waals surface area contributed by atoms with Crippen LogP contribution in [-0.4, -0.2) is 31.5 Å². The lowest BCUT2D eigenvalue weighted by Gasteiger charge is -2.32. The highest BCUT2D eigenvalue weighted by molar-refractivity contribution is 5.95. The second-order valence-electron chi connectivity index (χ2n) is 8.99. The minimum atomic E-state index is -0.435. The highest BCUT2D eigenvalue weighted by atomic mass is 16.5. The zero-order valence-corrected chi connectivity index (χ0v) is 20.1. The Balaban J connectivity index is 1.33. The molecule has 6 nitrogen and oxygen atoms in total. The number of amides is 2. The zero-order valence-electron chi connectivity index (χ0n) is 20.1. The summed E-state index contributed by atoms with van der Waals surface area (Å²) in [6.07, 6.45) is 8.45. The lowest BCUT2D eigenvalue weighted by Crippen LogP contribution is -2.33. The number of allylic oxidation sites excluding steroid dienone is 2. The van der Waals surface area contributed by atoms with Gasteiger partial charge in [0.1, 0.15) is 12.4 Å². The van der Waals surface area contributed by atoms with Crippen LogP contribution in [-0.2, 0) is 6.54 Å². The van der Waals surface area contributed by atoms with Crippen LogP contribution in [0.3, 0.4) is 0 Å². The van der Waals surface area contributed by atoms with Gasteiger partial charge in [0.15, 0.2) is 0 Å². The van der Waals surface area contributed by atoms with Gasteiger partial charge in [-0.25, -0.2) is 0 Å². The smallest absolute Gasteiger partial charge is 0.251 e. The number of benzene rings is 3. The van der Waals surface area contributed by atoms with Gasteiger partial charge in [-0.2, -0.15) is 0 Å². The van der Waals surface area contributed by atoms with Gasteiger partial charge in [0.25, 0.3) is 5.91 Å². The fourth-order valence-corrected chi connectivity index (χ4v) is 4.63. The number of hydrogen-bond donors (Lipinski definition) is 2. The van der Waals surface area contributed by atoms with Crippen molar-refractivity contribution in [1.82, 2.24) is 5.32 Å². The molecule has 3 aromatic rings. The number of carbonyl (C=O) groups is 2. The maximum Gasteiger partial charge on any atom is 0.251 e. The molecule has 0 fully saturated rings. The molecule has 0 atom stereocenters. The molecule has 182 valence electrons. The number of rotatable bonds is 7. The summed E-state index contributed by atoms with van der Waals surface area (Å²) < 4.78 is 5.94. The lowest BCUT2D eigenvalue weighted by molar-refractivity contribution is 0.0955. The third-order valence-corrected chi connectivity index (χ3v) is 6.57.